The van der Waals surface area contributed by atoms with Crippen LogP contribution in [0.2, 0.25) is 0 Å². The van der Waals surface area contributed by atoms with E-state index in [1.54, 1.807) is 0 Å². The number of hydrogen-bond donors (Lipinski definition) is 1. The van der Waals surface area contributed by atoms with Crippen LogP contribution in [0.25, 0.3) is 0 Å². The Labute approximate surface area is 113 Å². The largest absolute Gasteiger partial charge is 0.468 e. The molecular formula is C14H21NO4. The lowest BCUT2D eigenvalue weighted by atomic mass is 9.78. The molecule has 1 N–H and O–H groups in total. The Hall–Kier alpha value is -1.39. The van der Waals surface area contributed by atoms with Gasteiger partial charge < -0.3 is 10.1 Å². The van der Waals surface area contributed by atoms with Crippen molar-refractivity contribution in [3.63, 3.8) is 0 Å². The van der Waals surface area contributed by atoms with Crippen LogP contribution in [-0.2, 0) is 19.1 Å². The zero-order chi connectivity index (χ0) is 13.8. The molecule has 0 radical (unpaired) electrons. The molecule has 1 amide bonds. The number of nitrogens with one attached hydrogen (secondary N) is 1. The maximum atomic E-state index is 12.2. The van der Waals surface area contributed by atoms with Crippen molar-refractivity contribution in [3.8, 4) is 0 Å². The molecule has 0 aromatic heterocycles. The summed E-state index contributed by atoms with van der Waals surface area (Å²) in [6.07, 6.45) is 6.81. The molecule has 2 fully saturated rings. The predicted molar refractivity (Wildman–Crippen MR) is 68.2 cm³/mol. The molecule has 5 nitrogen and oxygen atoms in total. The van der Waals surface area contributed by atoms with Gasteiger partial charge in [0.2, 0.25) is 5.91 Å². The Balaban J connectivity index is 1.99. The molecule has 0 bridgehead atoms. The third-order valence-corrected chi connectivity index (χ3v) is 4.25. The van der Waals surface area contributed by atoms with Crippen LogP contribution in [0.5, 0.6) is 0 Å². The second-order valence-corrected chi connectivity index (χ2v) is 5.54. The molecular weight excluding hydrogens is 246 g/mol. The number of rotatable bonds is 3. The highest BCUT2D eigenvalue weighted by Crippen LogP contribution is 2.31. The van der Waals surface area contributed by atoms with Crippen LogP contribution in [0.15, 0.2) is 0 Å². The molecule has 2 unspecified atom stereocenters. The summed E-state index contributed by atoms with van der Waals surface area (Å²) in [5.41, 5.74) is 0. The summed E-state index contributed by atoms with van der Waals surface area (Å²) in [4.78, 5) is 35.4. The van der Waals surface area contributed by atoms with Crippen molar-refractivity contribution in [2.24, 2.45) is 17.8 Å². The molecule has 2 atom stereocenters. The second kappa shape index (κ2) is 6.17. The minimum atomic E-state index is -1.26. The second-order valence-electron chi connectivity index (χ2n) is 5.54. The van der Waals surface area contributed by atoms with Gasteiger partial charge in [0.05, 0.1) is 7.11 Å². The summed E-state index contributed by atoms with van der Waals surface area (Å²) in [6, 6.07) is 0. The van der Waals surface area contributed by atoms with Crippen LogP contribution >= 0.6 is 0 Å². The van der Waals surface area contributed by atoms with Crippen LogP contribution in [0, 0.1) is 17.8 Å². The zero-order valence-corrected chi connectivity index (χ0v) is 11.3. The molecule has 1 aliphatic heterocycles. The van der Waals surface area contributed by atoms with Crippen LogP contribution < -0.4 is 5.32 Å². The minimum Gasteiger partial charge on any atom is -0.468 e. The van der Waals surface area contributed by atoms with E-state index in [1.165, 1.54) is 26.4 Å². The molecule has 2 rings (SSSR count). The number of carbonyl (C=O) groups is 3. The normalized spacial score (nSPS) is 28.9. The summed E-state index contributed by atoms with van der Waals surface area (Å²) < 4.78 is 4.55. The van der Waals surface area contributed by atoms with Crippen LogP contribution in [0.3, 0.4) is 0 Å². The number of hydrogen-bond acceptors (Lipinski definition) is 4. The van der Waals surface area contributed by atoms with E-state index in [9.17, 15) is 14.4 Å². The quantitative estimate of drug-likeness (QED) is 0.613. The summed E-state index contributed by atoms with van der Waals surface area (Å²) >= 11 is 0. The molecule has 1 aliphatic carbocycles. The number of ether oxygens (including phenoxy) is 1. The lowest BCUT2D eigenvalue weighted by molar-refractivity contribution is -0.156. The highest BCUT2D eigenvalue weighted by Gasteiger charge is 2.43. The lowest BCUT2D eigenvalue weighted by Gasteiger charge is -2.30. The molecule has 1 saturated heterocycles. The Kier molecular flexibility index (Phi) is 4.56. The standard InChI is InChI=1S/C14H21NO4/c1-19-14(18)11-12(16)10(8-15-13(11)17)7-9-5-3-2-4-6-9/h9-11H,2-8H2,1H3,(H,15,17). The number of esters is 1. The van der Waals surface area contributed by atoms with Crippen molar-refractivity contribution >= 4 is 17.7 Å². The number of piperidine rings is 1. The van der Waals surface area contributed by atoms with Gasteiger partial charge in [-0.15, -0.1) is 0 Å². The molecule has 0 aromatic carbocycles. The third kappa shape index (κ3) is 3.14. The van der Waals surface area contributed by atoms with Crippen molar-refractivity contribution in [2.75, 3.05) is 13.7 Å². The molecule has 19 heavy (non-hydrogen) atoms. The fourth-order valence-corrected chi connectivity index (χ4v) is 3.16. The van der Waals surface area contributed by atoms with Gasteiger partial charge >= 0.3 is 5.97 Å². The van der Waals surface area contributed by atoms with Crippen molar-refractivity contribution in [3.05, 3.63) is 0 Å². The Bertz CT molecular complexity index is 366. The predicted octanol–water partition coefficient (Wildman–Crippen LogP) is 1.06. The first-order valence-electron chi connectivity index (χ1n) is 7.02. The van der Waals surface area contributed by atoms with Gasteiger partial charge in [0, 0.05) is 12.5 Å². The van der Waals surface area contributed by atoms with E-state index in [4.69, 9.17) is 0 Å². The fourth-order valence-electron chi connectivity index (χ4n) is 3.16. The highest BCUT2D eigenvalue weighted by molar-refractivity contribution is 6.18. The first-order chi connectivity index (χ1) is 9.13. The van der Waals surface area contributed by atoms with Crippen LogP contribution in [0.4, 0.5) is 0 Å². The van der Waals surface area contributed by atoms with Gasteiger partial charge in [-0.3, -0.25) is 14.4 Å². The van der Waals surface area contributed by atoms with Gasteiger partial charge in [-0.1, -0.05) is 32.1 Å². The van der Waals surface area contributed by atoms with Crippen LogP contribution in [0.1, 0.15) is 38.5 Å². The van der Waals surface area contributed by atoms with Gasteiger partial charge in [0.1, 0.15) is 0 Å². The van der Waals surface area contributed by atoms with E-state index >= 15 is 0 Å². The van der Waals surface area contributed by atoms with Crippen LogP contribution in [-0.4, -0.2) is 31.3 Å². The smallest absolute Gasteiger partial charge is 0.325 e. The van der Waals surface area contributed by atoms with Crippen molar-refractivity contribution in [2.45, 2.75) is 38.5 Å². The average molecular weight is 267 g/mol. The van der Waals surface area contributed by atoms with Gasteiger partial charge in [-0.25, -0.2) is 0 Å². The first-order valence-corrected chi connectivity index (χ1v) is 7.02. The number of Topliss-reactive ketones (excluding diaryl/α,β-unsaturated/α-hetero) is 1. The molecule has 1 heterocycles. The Morgan fingerprint density at radius 3 is 2.58 bits per heavy atom. The topological polar surface area (TPSA) is 72.5 Å². The Morgan fingerprint density at radius 2 is 1.95 bits per heavy atom. The maximum Gasteiger partial charge on any atom is 0.325 e. The number of ketones is 1. The van der Waals surface area contributed by atoms with Crippen molar-refractivity contribution < 1.29 is 19.1 Å². The number of methoxy groups -OCH3 is 1. The van der Waals surface area contributed by atoms with Gasteiger partial charge in [0.25, 0.3) is 0 Å². The molecule has 2 aliphatic rings. The van der Waals surface area contributed by atoms with Crippen molar-refractivity contribution in [1.82, 2.24) is 5.32 Å². The monoisotopic (exact) mass is 267 g/mol. The van der Waals surface area contributed by atoms with Gasteiger partial charge in [-0.05, 0) is 12.3 Å². The molecule has 0 spiro atoms. The van der Waals surface area contributed by atoms with E-state index in [-0.39, 0.29) is 11.7 Å². The SMILES string of the molecule is COC(=O)C1C(=O)NCC(CC2CCCCC2)C1=O. The Morgan fingerprint density at radius 1 is 1.26 bits per heavy atom. The lowest BCUT2D eigenvalue weighted by Crippen LogP contribution is -2.52. The van der Waals surface area contributed by atoms with E-state index in [0.717, 1.165) is 19.3 Å². The average Bonchev–Trinajstić information content (AvgIpc) is 2.43. The summed E-state index contributed by atoms with van der Waals surface area (Å²) in [7, 11) is 1.20. The molecule has 1 saturated carbocycles. The maximum absolute atomic E-state index is 12.2. The third-order valence-electron chi connectivity index (χ3n) is 4.25. The fraction of sp³-hybridized carbons (Fsp3) is 0.786. The van der Waals surface area contributed by atoms with E-state index in [1.807, 2.05) is 0 Å². The minimum absolute atomic E-state index is 0.232. The van der Waals surface area contributed by atoms with E-state index < -0.39 is 17.8 Å². The van der Waals surface area contributed by atoms with Crippen molar-refractivity contribution in [1.29, 1.82) is 0 Å². The van der Waals surface area contributed by atoms with E-state index in [0.29, 0.717) is 12.5 Å². The molecule has 106 valence electrons. The van der Waals surface area contributed by atoms with E-state index in [2.05, 4.69) is 10.1 Å². The molecule has 5 heteroatoms. The molecule has 0 aromatic rings. The highest BCUT2D eigenvalue weighted by atomic mass is 16.5. The number of amides is 1. The number of carbonyl (C=O) groups excluding carboxylic acids is 3. The summed E-state index contributed by atoms with van der Waals surface area (Å²) in [5, 5.41) is 2.66. The zero-order valence-electron chi connectivity index (χ0n) is 11.3. The summed E-state index contributed by atoms with van der Waals surface area (Å²) in [5.74, 6) is -2.46. The first kappa shape index (κ1) is 14.0. The van der Waals surface area contributed by atoms with Gasteiger partial charge in [-0.2, -0.15) is 0 Å². The van der Waals surface area contributed by atoms with Gasteiger partial charge in [0.15, 0.2) is 11.7 Å². The summed E-state index contributed by atoms with van der Waals surface area (Å²) in [6.45, 7) is 0.363.